The smallest absolute Gasteiger partial charge is 0.253 e. The number of aromatic nitrogens is 3. The normalized spacial score (nSPS) is 10.7. The number of amides is 2. The first-order valence-corrected chi connectivity index (χ1v) is 13.1. The maximum Gasteiger partial charge on any atom is 0.253 e. The average molecular weight is 556 g/mol. The standard InChI is InChI=1S/C26H23Cl2N5O3S/c1-2-36-20-11-9-18(10-12-20)30-24(34)16-37-26-32-31-23(33(26)19-6-4-3-5-7-19)15-29-25(35)21-13-8-17(27)14-22(21)28/h3-14H,2,15-16H2,1H3,(H,29,35)(H,30,34). The molecule has 1 heterocycles. The van der Waals surface area contributed by atoms with E-state index in [-0.39, 0.29) is 29.1 Å². The van der Waals surface area contributed by atoms with E-state index in [4.69, 9.17) is 27.9 Å². The first-order valence-electron chi connectivity index (χ1n) is 11.3. The van der Waals surface area contributed by atoms with Crippen molar-refractivity contribution >= 4 is 52.5 Å². The molecule has 0 aliphatic heterocycles. The summed E-state index contributed by atoms with van der Waals surface area (Å²) >= 11 is 13.3. The van der Waals surface area contributed by atoms with Crippen molar-refractivity contribution in [1.29, 1.82) is 0 Å². The van der Waals surface area contributed by atoms with Crippen molar-refractivity contribution in [3.8, 4) is 11.4 Å². The number of rotatable bonds is 10. The van der Waals surface area contributed by atoms with Gasteiger partial charge in [-0.25, -0.2) is 0 Å². The number of anilines is 1. The number of benzene rings is 3. The number of carbonyl (C=O) groups excluding carboxylic acids is 2. The summed E-state index contributed by atoms with van der Waals surface area (Å²) < 4.78 is 7.23. The van der Waals surface area contributed by atoms with Crippen LogP contribution < -0.4 is 15.4 Å². The Morgan fingerprint density at radius 1 is 1.00 bits per heavy atom. The van der Waals surface area contributed by atoms with Gasteiger partial charge in [0.2, 0.25) is 5.91 Å². The Kier molecular flexibility index (Phi) is 9.05. The van der Waals surface area contributed by atoms with E-state index in [1.807, 2.05) is 37.3 Å². The first kappa shape index (κ1) is 26.5. The second-order valence-electron chi connectivity index (χ2n) is 7.67. The minimum Gasteiger partial charge on any atom is -0.494 e. The highest BCUT2D eigenvalue weighted by Gasteiger charge is 2.18. The second-order valence-corrected chi connectivity index (χ2v) is 9.46. The molecule has 8 nitrogen and oxygen atoms in total. The molecule has 0 unspecified atom stereocenters. The number of para-hydroxylation sites is 1. The third-order valence-corrected chi connectivity index (χ3v) is 6.56. The van der Waals surface area contributed by atoms with Crippen molar-refractivity contribution < 1.29 is 14.3 Å². The molecular formula is C26H23Cl2N5O3S. The van der Waals surface area contributed by atoms with Crippen LogP contribution in [0.3, 0.4) is 0 Å². The van der Waals surface area contributed by atoms with Crippen molar-refractivity contribution in [1.82, 2.24) is 20.1 Å². The highest BCUT2D eigenvalue weighted by atomic mass is 35.5. The van der Waals surface area contributed by atoms with E-state index >= 15 is 0 Å². The quantitative estimate of drug-likeness (QED) is 0.246. The largest absolute Gasteiger partial charge is 0.494 e. The summed E-state index contributed by atoms with van der Waals surface area (Å²) in [6.45, 7) is 2.58. The van der Waals surface area contributed by atoms with Gasteiger partial charge >= 0.3 is 0 Å². The highest BCUT2D eigenvalue weighted by Crippen LogP contribution is 2.24. The van der Waals surface area contributed by atoms with Gasteiger partial charge in [-0.05, 0) is 61.5 Å². The minimum absolute atomic E-state index is 0.0959. The average Bonchev–Trinajstić information content (AvgIpc) is 3.30. The topological polar surface area (TPSA) is 98.1 Å². The molecule has 0 radical (unpaired) electrons. The van der Waals surface area contributed by atoms with Gasteiger partial charge in [0.15, 0.2) is 11.0 Å². The minimum atomic E-state index is -0.367. The Bertz CT molecular complexity index is 1380. The zero-order chi connectivity index (χ0) is 26.2. The number of hydrogen-bond acceptors (Lipinski definition) is 6. The summed E-state index contributed by atoms with van der Waals surface area (Å²) in [6.07, 6.45) is 0. The maximum absolute atomic E-state index is 12.7. The van der Waals surface area contributed by atoms with Gasteiger partial charge < -0.3 is 15.4 Å². The van der Waals surface area contributed by atoms with Crippen molar-refractivity contribution in [2.45, 2.75) is 18.6 Å². The van der Waals surface area contributed by atoms with Gasteiger partial charge in [-0.3, -0.25) is 14.2 Å². The van der Waals surface area contributed by atoms with E-state index in [9.17, 15) is 9.59 Å². The van der Waals surface area contributed by atoms with Crippen LogP contribution in [0, 0.1) is 0 Å². The molecule has 0 spiro atoms. The molecule has 0 atom stereocenters. The molecule has 3 aromatic carbocycles. The molecule has 2 amide bonds. The fourth-order valence-electron chi connectivity index (χ4n) is 3.40. The van der Waals surface area contributed by atoms with Gasteiger partial charge in [0, 0.05) is 16.4 Å². The lowest BCUT2D eigenvalue weighted by atomic mass is 10.2. The summed E-state index contributed by atoms with van der Waals surface area (Å²) in [5.74, 6) is 0.797. The van der Waals surface area contributed by atoms with Gasteiger partial charge in [0.05, 0.1) is 29.5 Å². The SMILES string of the molecule is CCOc1ccc(NC(=O)CSc2nnc(CNC(=O)c3ccc(Cl)cc3Cl)n2-c2ccccc2)cc1. The van der Waals surface area contributed by atoms with Crippen LogP contribution >= 0.6 is 35.0 Å². The van der Waals surface area contributed by atoms with Crippen LogP contribution in [0.2, 0.25) is 10.0 Å². The Balaban J connectivity index is 1.45. The van der Waals surface area contributed by atoms with Crippen molar-refractivity contribution in [2.75, 3.05) is 17.7 Å². The van der Waals surface area contributed by atoms with E-state index in [2.05, 4.69) is 20.8 Å². The number of halogens is 2. The molecule has 11 heteroatoms. The van der Waals surface area contributed by atoms with Gasteiger partial charge in [0.25, 0.3) is 5.91 Å². The molecule has 190 valence electrons. The maximum atomic E-state index is 12.7. The number of carbonyl (C=O) groups is 2. The molecule has 0 aliphatic rings. The molecule has 4 aromatic rings. The van der Waals surface area contributed by atoms with E-state index < -0.39 is 0 Å². The molecule has 0 saturated heterocycles. The second kappa shape index (κ2) is 12.6. The molecule has 0 aliphatic carbocycles. The van der Waals surface area contributed by atoms with Gasteiger partial charge in [-0.2, -0.15) is 0 Å². The lowest BCUT2D eigenvalue weighted by molar-refractivity contribution is -0.113. The van der Waals surface area contributed by atoms with E-state index in [1.165, 1.54) is 17.8 Å². The van der Waals surface area contributed by atoms with E-state index in [1.54, 1.807) is 41.0 Å². The van der Waals surface area contributed by atoms with Crippen molar-refractivity contribution in [2.24, 2.45) is 0 Å². The Labute approximate surface area is 228 Å². The van der Waals surface area contributed by atoms with E-state index in [0.717, 1.165) is 11.4 Å². The van der Waals surface area contributed by atoms with Crippen LogP contribution in [0.15, 0.2) is 78.0 Å². The molecule has 1 aromatic heterocycles. The number of ether oxygens (including phenoxy) is 1. The van der Waals surface area contributed by atoms with Crippen LogP contribution in [0.25, 0.3) is 5.69 Å². The van der Waals surface area contributed by atoms with E-state index in [0.29, 0.717) is 33.9 Å². The molecule has 0 saturated carbocycles. The fraction of sp³-hybridized carbons (Fsp3) is 0.154. The Hall–Kier alpha value is -3.53. The predicted molar refractivity (Wildman–Crippen MR) is 146 cm³/mol. The van der Waals surface area contributed by atoms with Crippen LogP contribution in [-0.4, -0.2) is 38.9 Å². The number of nitrogens with one attached hydrogen (secondary N) is 2. The number of thioether (sulfide) groups is 1. The summed E-state index contributed by atoms with van der Waals surface area (Å²) in [5, 5.41) is 15.4. The zero-order valence-electron chi connectivity index (χ0n) is 19.8. The van der Waals surface area contributed by atoms with Crippen molar-refractivity contribution in [3.05, 3.63) is 94.2 Å². The summed E-state index contributed by atoms with van der Waals surface area (Å²) in [6, 6.07) is 21.3. The number of nitrogens with zero attached hydrogens (tertiary/aromatic N) is 3. The summed E-state index contributed by atoms with van der Waals surface area (Å²) in [4.78, 5) is 25.3. The monoisotopic (exact) mass is 555 g/mol. The predicted octanol–water partition coefficient (Wildman–Crippen LogP) is 5.63. The zero-order valence-corrected chi connectivity index (χ0v) is 22.1. The summed E-state index contributed by atoms with van der Waals surface area (Å²) in [5.41, 5.74) is 1.77. The molecule has 37 heavy (non-hydrogen) atoms. The van der Waals surface area contributed by atoms with Crippen LogP contribution in [0.1, 0.15) is 23.1 Å². The van der Waals surface area contributed by atoms with Gasteiger partial charge in [0.1, 0.15) is 5.75 Å². The molecule has 2 N–H and O–H groups in total. The van der Waals surface area contributed by atoms with Crippen LogP contribution in [-0.2, 0) is 11.3 Å². The third-order valence-electron chi connectivity index (χ3n) is 5.08. The molecule has 0 bridgehead atoms. The fourth-order valence-corrected chi connectivity index (χ4v) is 4.67. The van der Waals surface area contributed by atoms with Gasteiger partial charge in [-0.15, -0.1) is 10.2 Å². The lowest BCUT2D eigenvalue weighted by Crippen LogP contribution is -2.25. The Morgan fingerprint density at radius 3 is 2.46 bits per heavy atom. The summed E-state index contributed by atoms with van der Waals surface area (Å²) in [7, 11) is 0. The Morgan fingerprint density at radius 2 is 1.76 bits per heavy atom. The lowest BCUT2D eigenvalue weighted by Gasteiger charge is -2.11. The highest BCUT2D eigenvalue weighted by molar-refractivity contribution is 7.99. The van der Waals surface area contributed by atoms with Gasteiger partial charge in [-0.1, -0.05) is 53.2 Å². The number of hydrogen-bond donors (Lipinski definition) is 2. The third kappa shape index (κ3) is 7.03. The molecular weight excluding hydrogens is 533 g/mol. The first-order chi connectivity index (χ1) is 17.9. The molecule has 0 fully saturated rings. The van der Waals surface area contributed by atoms with Crippen LogP contribution in [0.5, 0.6) is 5.75 Å². The van der Waals surface area contributed by atoms with Crippen molar-refractivity contribution in [3.63, 3.8) is 0 Å². The molecule has 4 rings (SSSR count). The van der Waals surface area contributed by atoms with Crippen LogP contribution in [0.4, 0.5) is 5.69 Å².